The summed E-state index contributed by atoms with van der Waals surface area (Å²) in [5, 5.41) is 0. The Morgan fingerprint density at radius 1 is 1.23 bits per heavy atom. The van der Waals surface area contributed by atoms with Crippen LogP contribution >= 0.6 is 18.2 Å². The van der Waals surface area contributed by atoms with Gasteiger partial charge in [-0.1, -0.05) is 42.5 Å². The second-order valence-electron chi connectivity index (χ2n) is 8.73. The Bertz CT molecular complexity index is 741. The van der Waals surface area contributed by atoms with E-state index in [2.05, 4.69) is 54.7 Å². The van der Waals surface area contributed by atoms with E-state index in [1.807, 2.05) is 6.07 Å². The number of rotatable bonds is 9. The highest BCUT2D eigenvalue weighted by atomic mass is 31.1. The molecule has 1 aromatic rings. The third kappa shape index (κ3) is 6.62. The largest absolute Gasteiger partial charge is 0.462 e. The van der Waals surface area contributed by atoms with Gasteiger partial charge in [0.25, 0.3) is 0 Å². The average molecular weight is 462 g/mol. The number of aryl methyl sites for hydroxylation is 1. The number of fused-ring (bicyclic) bond motifs is 1. The molecule has 0 aromatic heterocycles. The molecule has 8 heteroatoms. The lowest BCUT2D eigenvalue weighted by molar-refractivity contribution is -0.179. The minimum absolute atomic E-state index is 0.0174. The van der Waals surface area contributed by atoms with Crippen LogP contribution < -0.4 is 0 Å². The summed E-state index contributed by atoms with van der Waals surface area (Å²) in [6.45, 7) is 0.769. The second-order valence-corrected chi connectivity index (χ2v) is 10.8. The van der Waals surface area contributed by atoms with Crippen molar-refractivity contribution >= 4 is 30.6 Å². The Hall–Kier alpha value is -0.765. The van der Waals surface area contributed by atoms with E-state index in [1.54, 1.807) is 0 Å². The fraction of sp³-hybridized carbons (Fsp3) is 0.609. The first-order chi connectivity index (χ1) is 15.1. The molecular formula is C23H33BO5P2. The van der Waals surface area contributed by atoms with Crippen LogP contribution in [-0.4, -0.2) is 43.5 Å². The van der Waals surface area contributed by atoms with Gasteiger partial charge >= 0.3 is 12.3 Å². The molecular weight excluding hydrogens is 429 g/mol. The number of hydrogen-bond donors (Lipinski definition) is 0. The van der Waals surface area contributed by atoms with Gasteiger partial charge in [0.1, 0.15) is 6.10 Å². The molecule has 1 saturated carbocycles. The number of esters is 1. The summed E-state index contributed by atoms with van der Waals surface area (Å²) >= 11 is 0. The molecule has 0 N–H and O–H groups in total. The van der Waals surface area contributed by atoms with Crippen molar-refractivity contribution in [2.45, 2.75) is 69.5 Å². The van der Waals surface area contributed by atoms with Crippen molar-refractivity contribution in [2.24, 2.45) is 11.8 Å². The predicted molar refractivity (Wildman–Crippen MR) is 129 cm³/mol. The topological polar surface area (TPSA) is 54.0 Å². The normalized spacial score (nSPS) is 31.5. The van der Waals surface area contributed by atoms with Gasteiger partial charge in [0.2, 0.25) is 0 Å². The minimum atomic E-state index is -0.137. The first-order valence-electron chi connectivity index (χ1n) is 11.4. The first-order valence-corrected chi connectivity index (χ1v) is 12.8. The number of benzene rings is 1. The number of carbonyl (C=O) groups excluding carboxylic acids is 1. The van der Waals surface area contributed by atoms with E-state index in [9.17, 15) is 4.79 Å². The van der Waals surface area contributed by atoms with Crippen molar-refractivity contribution < 1.29 is 23.7 Å². The number of hydrogen-bond acceptors (Lipinski definition) is 5. The molecule has 4 rings (SSSR count). The summed E-state index contributed by atoms with van der Waals surface area (Å²) in [5.41, 5.74) is 1.31. The maximum absolute atomic E-state index is 11.9. The Balaban J connectivity index is 1.45. The molecule has 0 spiro atoms. The highest BCUT2D eigenvalue weighted by Gasteiger charge is 2.49. The van der Waals surface area contributed by atoms with Crippen molar-refractivity contribution in [1.29, 1.82) is 0 Å². The molecule has 0 bridgehead atoms. The van der Waals surface area contributed by atoms with Gasteiger partial charge in [-0.3, -0.25) is 4.79 Å². The zero-order chi connectivity index (χ0) is 21.6. The zero-order valence-corrected chi connectivity index (χ0v) is 20.2. The van der Waals surface area contributed by atoms with Crippen molar-refractivity contribution in [3.8, 4) is 0 Å². The van der Waals surface area contributed by atoms with E-state index in [4.69, 9.17) is 18.9 Å². The molecule has 2 aliphatic heterocycles. The van der Waals surface area contributed by atoms with E-state index < -0.39 is 0 Å². The predicted octanol–water partition coefficient (Wildman–Crippen LogP) is 4.16. The van der Waals surface area contributed by atoms with Gasteiger partial charge < -0.3 is 18.9 Å². The van der Waals surface area contributed by atoms with Crippen LogP contribution in [0.1, 0.15) is 44.1 Å². The summed E-state index contributed by atoms with van der Waals surface area (Å²) in [6.07, 6.45) is 10.5. The third-order valence-corrected chi connectivity index (χ3v) is 6.77. The van der Waals surface area contributed by atoms with E-state index in [1.165, 1.54) is 5.56 Å². The quantitative estimate of drug-likeness (QED) is 0.239. The van der Waals surface area contributed by atoms with Gasteiger partial charge in [-0.25, -0.2) is 0 Å². The Morgan fingerprint density at radius 2 is 2.06 bits per heavy atom. The van der Waals surface area contributed by atoms with Crippen LogP contribution in [0.4, 0.5) is 0 Å². The summed E-state index contributed by atoms with van der Waals surface area (Å²) in [6, 6.07) is 10.5. The van der Waals surface area contributed by atoms with Crippen LogP contribution in [0.3, 0.4) is 0 Å². The Labute approximate surface area is 190 Å². The second kappa shape index (κ2) is 11.4. The summed E-state index contributed by atoms with van der Waals surface area (Å²) < 4.78 is 23.9. The standard InChI is InChI=1S/C23H33BO5P2/c25-22-14-19-18(21(29-24(30)31)15-20(19)28-22)12-11-17(27-23-8-4-5-13-26-23)10-9-16-6-2-1-3-7-16/h1-3,6-7,11-12,17-21,23H,4-5,8-10,13-15,30-31H2/b12-11+/t17-,18-,19-,20+,21-,23?/m1/s1. The minimum Gasteiger partial charge on any atom is -0.462 e. The van der Waals surface area contributed by atoms with Gasteiger partial charge in [-0.15, -0.1) is 18.2 Å². The van der Waals surface area contributed by atoms with Gasteiger partial charge in [0.15, 0.2) is 6.29 Å². The van der Waals surface area contributed by atoms with Crippen molar-refractivity contribution in [1.82, 2.24) is 0 Å². The van der Waals surface area contributed by atoms with Gasteiger partial charge in [-0.2, -0.15) is 0 Å². The zero-order valence-electron chi connectivity index (χ0n) is 17.9. The number of carbonyl (C=O) groups is 1. The fourth-order valence-electron chi connectivity index (χ4n) is 4.94. The molecule has 0 radical (unpaired) electrons. The van der Waals surface area contributed by atoms with Gasteiger partial charge in [-0.05, 0) is 37.7 Å². The molecule has 31 heavy (non-hydrogen) atoms. The molecule has 2 saturated heterocycles. The summed E-state index contributed by atoms with van der Waals surface area (Å²) in [5.74, 6) is 0.242. The van der Waals surface area contributed by atoms with Crippen LogP contribution in [0.2, 0.25) is 0 Å². The molecule has 1 aromatic carbocycles. The van der Waals surface area contributed by atoms with Crippen molar-refractivity contribution in [2.75, 3.05) is 6.61 Å². The highest BCUT2D eigenvalue weighted by molar-refractivity contribution is 7.92. The molecule has 168 valence electrons. The van der Waals surface area contributed by atoms with E-state index in [0.29, 0.717) is 6.42 Å². The number of ether oxygens (including phenoxy) is 3. The molecule has 5 nitrogen and oxygen atoms in total. The molecule has 2 heterocycles. The Kier molecular flexibility index (Phi) is 8.60. The first kappa shape index (κ1) is 23.4. The summed E-state index contributed by atoms with van der Waals surface area (Å²) in [4.78, 5) is 11.9. The lowest BCUT2D eigenvalue weighted by atomic mass is 9.91. The molecule has 3 fully saturated rings. The van der Waals surface area contributed by atoms with E-state index in [0.717, 1.165) is 45.1 Å². The average Bonchev–Trinajstić information content (AvgIpc) is 3.26. The van der Waals surface area contributed by atoms with Crippen LogP contribution in [0.25, 0.3) is 0 Å². The molecule has 3 unspecified atom stereocenters. The monoisotopic (exact) mass is 462 g/mol. The van der Waals surface area contributed by atoms with Crippen LogP contribution in [-0.2, 0) is 30.1 Å². The smallest absolute Gasteiger partial charge is 0.336 e. The van der Waals surface area contributed by atoms with Crippen molar-refractivity contribution in [3.63, 3.8) is 0 Å². The maximum atomic E-state index is 11.9. The Morgan fingerprint density at radius 3 is 2.81 bits per heavy atom. The van der Waals surface area contributed by atoms with Gasteiger partial charge in [0.05, 0.1) is 18.6 Å². The summed E-state index contributed by atoms with van der Waals surface area (Å²) in [7, 11) is 5.33. The van der Waals surface area contributed by atoms with E-state index in [-0.39, 0.29) is 48.8 Å². The van der Waals surface area contributed by atoms with Crippen LogP contribution in [0, 0.1) is 11.8 Å². The SMILES string of the molecule is O=C1C[C@@H]2[C@@H](/C=C/[C@@H](CCc3ccccc3)OC3CCCCO3)[C@H](OB(P)P)C[C@@H]2O1. The van der Waals surface area contributed by atoms with E-state index >= 15 is 0 Å². The van der Waals surface area contributed by atoms with Crippen molar-refractivity contribution in [3.05, 3.63) is 48.0 Å². The third-order valence-electron chi connectivity index (χ3n) is 6.46. The molecule has 0 amide bonds. The lowest BCUT2D eigenvalue weighted by Gasteiger charge is -2.27. The lowest BCUT2D eigenvalue weighted by Crippen LogP contribution is -2.28. The van der Waals surface area contributed by atoms with Crippen LogP contribution in [0.15, 0.2) is 42.5 Å². The maximum Gasteiger partial charge on any atom is 0.336 e. The molecule has 3 aliphatic rings. The highest BCUT2D eigenvalue weighted by Crippen LogP contribution is 2.44. The van der Waals surface area contributed by atoms with Gasteiger partial charge in [0, 0.05) is 24.9 Å². The van der Waals surface area contributed by atoms with Crippen LogP contribution in [0.5, 0.6) is 0 Å². The molecule has 1 aliphatic carbocycles. The molecule has 8 atom stereocenters. The fourth-order valence-corrected chi connectivity index (χ4v) is 5.34.